The van der Waals surface area contributed by atoms with Gasteiger partial charge in [0, 0.05) is 17.7 Å². The highest BCUT2D eigenvalue weighted by Crippen LogP contribution is 2.32. The lowest BCUT2D eigenvalue weighted by atomic mass is 10.00. The van der Waals surface area contributed by atoms with Gasteiger partial charge in [-0.15, -0.1) is 0 Å². The van der Waals surface area contributed by atoms with Crippen molar-refractivity contribution in [2.75, 3.05) is 13.7 Å². The number of rotatable bonds is 7. The molecular weight excluding hydrogens is 390 g/mol. The summed E-state index contributed by atoms with van der Waals surface area (Å²) in [5.74, 6) is 1.76. The summed E-state index contributed by atoms with van der Waals surface area (Å²) >= 11 is 0. The maximum atomic E-state index is 13.3. The molecule has 0 saturated carbocycles. The number of aromatic nitrogens is 2. The fourth-order valence-corrected chi connectivity index (χ4v) is 4.04. The monoisotopic (exact) mass is 419 g/mol. The molecule has 1 aliphatic rings. The van der Waals surface area contributed by atoms with Gasteiger partial charge in [0.05, 0.1) is 7.11 Å². The molecule has 0 aliphatic carbocycles. The number of amides is 1. The Hall–Kier alpha value is -3.15. The van der Waals surface area contributed by atoms with Crippen LogP contribution in [-0.2, 0) is 6.42 Å². The lowest BCUT2D eigenvalue weighted by Crippen LogP contribution is -2.38. The van der Waals surface area contributed by atoms with Crippen molar-refractivity contribution in [3.63, 3.8) is 0 Å². The second kappa shape index (κ2) is 9.77. The third-order valence-electron chi connectivity index (χ3n) is 5.84. The molecule has 1 atom stereocenters. The van der Waals surface area contributed by atoms with Crippen LogP contribution in [0.3, 0.4) is 0 Å². The summed E-state index contributed by atoms with van der Waals surface area (Å²) < 4.78 is 10.9. The number of unbranched alkanes of at least 4 members (excludes halogenated alkanes) is 1. The zero-order valence-electron chi connectivity index (χ0n) is 18.2. The molecule has 2 heterocycles. The average Bonchev–Trinajstić information content (AvgIpc) is 3.33. The minimum atomic E-state index is -0.201. The topological polar surface area (TPSA) is 68.5 Å². The first-order valence-electron chi connectivity index (χ1n) is 11.1. The molecule has 1 aliphatic heterocycles. The highest BCUT2D eigenvalue weighted by Gasteiger charge is 2.32. The molecule has 4 rings (SSSR count). The van der Waals surface area contributed by atoms with Crippen LogP contribution in [0.25, 0.3) is 11.4 Å². The highest BCUT2D eigenvalue weighted by atomic mass is 16.5. The molecule has 6 nitrogen and oxygen atoms in total. The number of carbonyl (C=O) groups is 1. The fraction of sp³-hybridized carbons (Fsp3) is 0.400. The Morgan fingerprint density at radius 3 is 2.81 bits per heavy atom. The molecule has 3 aromatic rings. The number of hydrogen-bond donors (Lipinski definition) is 0. The standard InChI is InChI=1S/C25H29N3O3/c1-3-4-8-18-12-14-19(15-13-18)25(29)28-16-6-5-11-22(28)24-26-23(27-31-24)20-9-7-10-21(17-20)30-2/h7,9-10,12-15,17,22H,3-6,8,11,16H2,1-2H3/t22-/m0/s1. The van der Waals surface area contributed by atoms with E-state index in [1.54, 1.807) is 7.11 Å². The lowest BCUT2D eigenvalue weighted by molar-refractivity contribution is 0.0561. The summed E-state index contributed by atoms with van der Waals surface area (Å²) in [5.41, 5.74) is 2.80. The molecule has 0 bridgehead atoms. The number of methoxy groups -OCH3 is 1. The Morgan fingerprint density at radius 1 is 1.19 bits per heavy atom. The van der Waals surface area contributed by atoms with Gasteiger partial charge in [0.15, 0.2) is 0 Å². The van der Waals surface area contributed by atoms with E-state index in [1.807, 2.05) is 41.3 Å². The van der Waals surface area contributed by atoms with Crippen molar-refractivity contribution in [2.24, 2.45) is 0 Å². The third-order valence-corrected chi connectivity index (χ3v) is 5.84. The van der Waals surface area contributed by atoms with Gasteiger partial charge in [-0.05, 0) is 61.9 Å². The van der Waals surface area contributed by atoms with Gasteiger partial charge >= 0.3 is 0 Å². The third kappa shape index (κ3) is 4.79. The van der Waals surface area contributed by atoms with E-state index in [1.165, 1.54) is 5.56 Å². The van der Waals surface area contributed by atoms with Gasteiger partial charge < -0.3 is 14.2 Å². The average molecular weight is 420 g/mol. The summed E-state index contributed by atoms with van der Waals surface area (Å²) in [7, 11) is 1.63. The number of ether oxygens (including phenoxy) is 1. The Balaban J connectivity index is 1.53. The Bertz CT molecular complexity index is 1010. The molecule has 6 heteroatoms. The molecule has 1 saturated heterocycles. The van der Waals surface area contributed by atoms with Crippen LogP contribution in [0, 0.1) is 0 Å². The van der Waals surface area contributed by atoms with Crippen molar-refractivity contribution >= 4 is 5.91 Å². The van der Waals surface area contributed by atoms with Crippen molar-refractivity contribution in [1.29, 1.82) is 0 Å². The van der Waals surface area contributed by atoms with Gasteiger partial charge in [-0.3, -0.25) is 4.79 Å². The largest absolute Gasteiger partial charge is 0.497 e. The molecule has 1 fully saturated rings. The molecular formula is C25H29N3O3. The highest BCUT2D eigenvalue weighted by molar-refractivity contribution is 5.94. The van der Waals surface area contributed by atoms with E-state index in [0.29, 0.717) is 23.8 Å². The predicted octanol–water partition coefficient (Wildman–Crippen LogP) is 5.46. The van der Waals surface area contributed by atoms with E-state index >= 15 is 0 Å². The fourth-order valence-electron chi connectivity index (χ4n) is 4.04. The van der Waals surface area contributed by atoms with E-state index in [2.05, 4.69) is 29.2 Å². The molecule has 0 radical (unpaired) electrons. The Morgan fingerprint density at radius 2 is 2.03 bits per heavy atom. The zero-order valence-corrected chi connectivity index (χ0v) is 18.2. The van der Waals surface area contributed by atoms with Crippen LogP contribution >= 0.6 is 0 Å². The van der Waals surface area contributed by atoms with Gasteiger partial charge in [0.1, 0.15) is 11.8 Å². The second-order valence-electron chi connectivity index (χ2n) is 8.00. The molecule has 2 aromatic carbocycles. The maximum absolute atomic E-state index is 13.3. The molecule has 1 aromatic heterocycles. The van der Waals surface area contributed by atoms with Crippen LogP contribution in [-0.4, -0.2) is 34.6 Å². The second-order valence-corrected chi connectivity index (χ2v) is 8.00. The van der Waals surface area contributed by atoms with E-state index in [9.17, 15) is 4.79 Å². The number of likely N-dealkylation sites (tertiary alicyclic amines) is 1. The van der Waals surface area contributed by atoms with E-state index in [0.717, 1.165) is 49.8 Å². The van der Waals surface area contributed by atoms with Crippen LogP contribution in [0.2, 0.25) is 0 Å². The first-order chi connectivity index (χ1) is 15.2. The number of piperidine rings is 1. The predicted molar refractivity (Wildman–Crippen MR) is 119 cm³/mol. The number of hydrogen-bond acceptors (Lipinski definition) is 5. The van der Waals surface area contributed by atoms with E-state index in [-0.39, 0.29) is 11.9 Å². The number of nitrogens with zero attached hydrogens (tertiary/aromatic N) is 3. The van der Waals surface area contributed by atoms with Crippen LogP contribution in [0.4, 0.5) is 0 Å². The smallest absolute Gasteiger partial charge is 0.254 e. The van der Waals surface area contributed by atoms with Crippen molar-refractivity contribution in [3.8, 4) is 17.1 Å². The van der Waals surface area contributed by atoms with E-state index in [4.69, 9.17) is 9.26 Å². The maximum Gasteiger partial charge on any atom is 0.254 e. The van der Waals surface area contributed by atoms with Crippen molar-refractivity contribution in [1.82, 2.24) is 15.0 Å². The number of carbonyl (C=O) groups excluding carboxylic acids is 1. The van der Waals surface area contributed by atoms with Crippen molar-refractivity contribution in [2.45, 2.75) is 51.5 Å². The Labute approximate surface area is 183 Å². The quantitative estimate of drug-likeness (QED) is 0.509. The molecule has 0 unspecified atom stereocenters. The minimum Gasteiger partial charge on any atom is -0.497 e. The first-order valence-corrected chi connectivity index (χ1v) is 11.1. The van der Waals surface area contributed by atoms with Gasteiger partial charge in [-0.2, -0.15) is 4.98 Å². The summed E-state index contributed by atoms with van der Waals surface area (Å²) in [6, 6.07) is 15.4. The summed E-state index contributed by atoms with van der Waals surface area (Å²) in [5, 5.41) is 4.16. The van der Waals surface area contributed by atoms with Crippen LogP contribution in [0.5, 0.6) is 5.75 Å². The Kier molecular flexibility index (Phi) is 6.65. The van der Waals surface area contributed by atoms with Gasteiger partial charge in [-0.25, -0.2) is 0 Å². The van der Waals surface area contributed by atoms with Crippen molar-refractivity contribution in [3.05, 3.63) is 65.5 Å². The molecule has 0 spiro atoms. The van der Waals surface area contributed by atoms with Gasteiger partial charge in [0.25, 0.3) is 5.91 Å². The first kappa shape index (κ1) is 21.1. The minimum absolute atomic E-state index is 0.0212. The summed E-state index contributed by atoms with van der Waals surface area (Å²) in [6.07, 6.45) is 6.20. The number of aryl methyl sites for hydroxylation is 1. The molecule has 31 heavy (non-hydrogen) atoms. The lowest BCUT2D eigenvalue weighted by Gasteiger charge is -2.33. The van der Waals surface area contributed by atoms with Crippen LogP contribution in [0.1, 0.15) is 66.9 Å². The molecule has 162 valence electrons. The normalized spacial score (nSPS) is 16.3. The molecule has 1 amide bonds. The van der Waals surface area contributed by atoms with Crippen LogP contribution < -0.4 is 4.74 Å². The zero-order chi connectivity index (χ0) is 21.6. The van der Waals surface area contributed by atoms with Crippen LogP contribution in [0.15, 0.2) is 53.1 Å². The molecule has 0 N–H and O–H groups in total. The SMILES string of the molecule is CCCCc1ccc(C(=O)N2CCCC[C@H]2c2nc(-c3cccc(OC)c3)no2)cc1. The van der Waals surface area contributed by atoms with Crippen molar-refractivity contribution < 1.29 is 14.1 Å². The van der Waals surface area contributed by atoms with Gasteiger partial charge in [-0.1, -0.05) is 42.8 Å². The van der Waals surface area contributed by atoms with Gasteiger partial charge in [0.2, 0.25) is 11.7 Å². The van der Waals surface area contributed by atoms with E-state index < -0.39 is 0 Å². The summed E-state index contributed by atoms with van der Waals surface area (Å²) in [6.45, 7) is 2.88. The summed E-state index contributed by atoms with van der Waals surface area (Å²) in [4.78, 5) is 19.8. The number of benzene rings is 2.